The molecule has 3 aromatic rings. The lowest BCUT2D eigenvalue weighted by molar-refractivity contribution is -0.119. The van der Waals surface area contributed by atoms with Crippen molar-refractivity contribution in [3.63, 3.8) is 0 Å². The second-order valence-corrected chi connectivity index (χ2v) is 7.18. The molecular weight excluding hydrogens is 360 g/mol. The molecule has 3 rings (SSSR count). The monoisotopic (exact) mass is 376 g/mol. The molecule has 26 heavy (non-hydrogen) atoms. The predicted octanol–water partition coefficient (Wildman–Crippen LogP) is 2.01. The van der Waals surface area contributed by atoms with Gasteiger partial charge in [0.25, 0.3) is 5.91 Å². The molecule has 0 unspecified atom stereocenters. The zero-order chi connectivity index (χ0) is 18.7. The maximum atomic E-state index is 12.0. The first kappa shape index (κ1) is 17.7. The maximum absolute atomic E-state index is 12.0. The molecule has 10 nitrogen and oxygen atoms in total. The van der Waals surface area contributed by atoms with E-state index in [9.17, 15) is 9.59 Å². The van der Waals surface area contributed by atoms with Crippen LogP contribution < -0.4 is 5.32 Å². The number of nitrogens with zero attached hydrogens (tertiary/aromatic N) is 4. The van der Waals surface area contributed by atoms with Crippen molar-refractivity contribution in [2.24, 2.45) is 0 Å². The zero-order valence-electron chi connectivity index (χ0n) is 14.3. The molecule has 3 heterocycles. The number of hydrogen-bond donors (Lipinski definition) is 2. The highest BCUT2D eigenvalue weighted by molar-refractivity contribution is 7.13. The van der Waals surface area contributed by atoms with Crippen molar-refractivity contribution in [2.75, 3.05) is 11.9 Å². The van der Waals surface area contributed by atoms with Crippen molar-refractivity contribution < 1.29 is 18.8 Å². The third-order valence-electron chi connectivity index (χ3n) is 3.21. The van der Waals surface area contributed by atoms with Gasteiger partial charge in [-0.25, -0.2) is 14.8 Å². The second kappa shape index (κ2) is 7.04. The molecule has 0 bridgehead atoms. The molecule has 1 amide bonds. The van der Waals surface area contributed by atoms with Crippen LogP contribution >= 0.6 is 11.3 Å². The number of hydrogen-bond acceptors (Lipinski definition) is 9. The van der Waals surface area contributed by atoms with Gasteiger partial charge in [0.05, 0.1) is 5.69 Å². The number of carbonyl (C=O) groups is 2. The van der Waals surface area contributed by atoms with Crippen LogP contribution in [0.5, 0.6) is 0 Å². The molecule has 0 aliphatic carbocycles. The molecule has 0 saturated carbocycles. The van der Waals surface area contributed by atoms with Gasteiger partial charge in [0.1, 0.15) is 6.33 Å². The average molecular weight is 376 g/mol. The summed E-state index contributed by atoms with van der Waals surface area (Å²) in [5.41, 5.74) is 0.584. The number of esters is 1. The van der Waals surface area contributed by atoms with Gasteiger partial charge in [0, 0.05) is 16.9 Å². The number of thiazole rings is 1. The molecule has 3 aromatic heterocycles. The molecule has 0 saturated heterocycles. The van der Waals surface area contributed by atoms with Crippen LogP contribution in [0, 0.1) is 0 Å². The fraction of sp³-hybridized carbons (Fsp3) is 0.333. The van der Waals surface area contributed by atoms with E-state index in [1.807, 2.05) is 20.8 Å². The summed E-state index contributed by atoms with van der Waals surface area (Å²) in [4.78, 5) is 31.9. The molecule has 2 N–H and O–H groups in total. The van der Waals surface area contributed by atoms with Crippen molar-refractivity contribution in [3.05, 3.63) is 29.2 Å². The summed E-state index contributed by atoms with van der Waals surface area (Å²) in [6.07, 6.45) is 1.34. The van der Waals surface area contributed by atoms with Crippen LogP contribution in [0.15, 0.2) is 22.3 Å². The molecule has 0 aliphatic heterocycles. The third-order valence-corrected chi connectivity index (χ3v) is 4.06. The fourth-order valence-corrected chi connectivity index (χ4v) is 2.58. The van der Waals surface area contributed by atoms with Gasteiger partial charge >= 0.3 is 5.97 Å². The van der Waals surface area contributed by atoms with Gasteiger partial charge in [-0.2, -0.15) is 5.10 Å². The van der Waals surface area contributed by atoms with Gasteiger partial charge in [0.2, 0.25) is 5.88 Å². The Balaban J connectivity index is 1.53. The molecule has 0 aliphatic rings. The van der Waals surface area contributed by atoms with E-state index in [0.29, 0.717) is 16.5 Å². The fourth-order valence-electron chi connectivity index (χ4n) is 1.85. The van der Waals surface area contributed by atoms with E-state index in [-0.39, 0.29) is 17.0 Å². The Labute approximate surface area is 152 Å². The summed E-state index contributed by atoms with van der Waals surface area (Å²) < 4.78 is 10.0. The summed E-state index contributed by atoms with van der Waals surface area (Å²) in [7, 11) is 0. The summed E-state index contributed by atoms with van der Waals surface area (Å²) in [5, 5.41) is 14.8. The lowest BCUT2D eigenvalue weighted by Crippen LogP contribution is -2.20. The smallest absolute Gasteiger partial charge is 0.358 e. The van der Waals surface area contributed by atoms with Crippen LogP contribution in [0.4, 0.5) is 5.88 Å². The van der Waals surface area contributed by atoms with Gasteiger partial charge in [-0.05, 0) is 0 Å². The highest BCUT2D eigenvalue weighted by atomic mass is 32.1. The second-order valence-electron chi connectivity index (χ2n) is 6.32. The van der Waals surface area contributed by atoms with Crippen LogP contribution in [-0.2, 0) is 14.9 Å². The number of anilines is 1. The quantitative estimate of drug-likeness (QED) is 0.645. The van der Waals surface area contributed by atoms with E-state index in [1.165, 1.54) is 23.0 Å². The highest BCUT2D eigenvalue weighted by Crippen LogP contribution is 2.23. The molecule has 136 valence electrons. The number of ether oxygens (including phenoxy) is 1. The van der Waals surface area contributed by atoms with Crippen molar-refractivity contribution in [1.29, 1.82) is 0 Å². The summed E-state index contributed by atoms with van der Waals surface area (Å²) in [5.74, 6) is -0.611. The molecule has 0 aromatic carbocycles. The Kier molecular flexibility index (Phi) is 4.80. The minimum absolute atomic E-state index is 0.0869. The Hall–Kier alpha value is -3.08. The first-order chi connectivity index (χ1) is 12.3. The Morgan fingerprint density at radius 3 is 2.85 bits per heavy atom. The van der Waals surface area contributed by atoms with Gasteiger partial charge in [-0.15, -0.1) is 11.3 Å². The standard InChI is InChI=1S/C15H16N6O4S/c1-15(2,3)9-4-11(25-21-9)19-10(22)5-24-14(23)8-6-26-13(18-8)12-16-7-17-20-12/h4,6-7H,5H2,1-3H3,(H,19,22)(H,16,17,20). The van der Waals surface area contributed by atoms with Crippen LogP contribution in [0.1, 0.15) is 37.0 Å². The van der Waals surface area contributed by atoms with Crippen LogP contribution in [0.2, 0.25) is 0 Å². The normalized spacial score (nSPS) is 11.3. The van der Waals surface area contributed by atoms with Gasteiger partial charge in [0.15, 0.2) is 23.1 Å². The van der Waals surface area contributed by atoms with Crippen LogP contribution in [0.3, 0.4) is 0 Å². The Morgan fingerprint density at radius 1 is 1.38 bits per heavy atom. The van der Waals surface area contributed by atoms with E-state index >= 15 is 0 Å². The Morgan fingerprint density at radius 2 is 2.19 bits per heavy atom. The van der Waals surface area contributed by atoms with Crippen molar-refractivity contribution in [3.8, 4) is 10.8 Å². The van der Waals surface area contributed by atoms with E-state index in [1.54, 1.807) is 6.07 Å². The van der Waals surface area contributed by atoms with Crippen molar-refractivity contribution in [2.45, 2.75) is 26.2 Å². The number of amides is 1. The number of nitrogens with one attached hydrogen (secondary N) is 2. The zero-order valence-corrected chi connectivity index (χ0v) is 15.1. The van der Waals surface area contributed by atoms with Gasteiger partial charge in [-0.1, -0.05) is 25.9 Å². The molecule has 0 radical (unpaired) electrons. The lowest BCUT2D eigenvalue weighted by atomic mass is 9.92. The van der Waals surface area contributed by atoms with Gasteiger partial charge in [-0.3, -0.25) is 15.2 Å². The molecule has 11 heteroatoms. The molecule has 0 atom stereocenters. The predicted molar refractivity (Wildman–Crippen MR) is 91.6 cm³/mol. The number of aromatic nitrogens is 5. The minimum Gasteiger partial charge on any atom is -0.451 e. The van der Waals surface area contributed by atoms with E-state index < -0.39 is 18.5 Å². The number of H-pyrrole nitrogens is 1. The van der Waals surface area contributed by atoms with E-state index in [0.717, 1.165) is 0 Å². The summed E-state index contributed by atoms with van der Waals surface area (Å²) >= 11 is 1.21. The summed E-state index contributed by atoms with van der Waals surface area (Å²) in [6, 6.07) is 1.63. The SMILES string of the molecule is CC(C)(C)c1cc(NC(=O)COC(=O)c2csc(-c3ncn[nH]3)n2)on1. The molecule has 0 spiro atoms. The largest absolute Gasteiger partial charge is 0.451 e. The number of aromatic amines is 1. The van der Waals surface area contributed by atoms with Crippen molar-refractivity contribution >= 4 is 29.1 Å². The van der Waals surface area contributed by atoms with Crippen molar-refractivity contribution in [1.82, 2.24) is 25.3 Å². The van der Waals surface area contributed by atoms with Crippen LogP contribution in [-0.4, -0.2) is 43.8 Å². The van der Waals surface area contributed by atoms with Gasteiger partial charge < -0.3 is 9.26 Å². The molecular formula is C15H16N6O4S. The maximum Gasteiger partial charge on any atom is 0.358 e. The number of carbonyl (C=O) groups excluding carboxylic acids is 2. The first-order valence-corrected chi connectivity index (χ1v) is 8.46. The number of rotatable bonds is 5. The van der Waals surface area contributed by atoms with E-state index in [4.69, 9.17) is 9.26 Å². The van der Waals surface area contributed by atoms with Crippen LogP contribution in [0.25, 0.3) is 10.8 Å². The van der Waals surface area contributed by atoms with E-state index in [2.05, 4.69) is 30.6 Å². The highest BCUT2D eigenvalue weighted by Gasteiger charge is 2.20. The first-order valence-electron chi connectivity index (χ1n) is 7.58. The third kappa shape index (κ3) is 4.11. The summed E-state index contributed by atoms with van der Waals surface area (Å²) in [6.45, 7) is 5.44. The average Bonchev–Trinajstić information content (AvgIpc) is 3.30. The Bertz CT molecular complexity index is 909. The topological polar surface area (TPSA) is 136 Å². The lowest BCUT2D eigenvalue weighted by Gasteiger charge is -2.12. The molecule has 0 fully saturated rings. The minimum atomic E-state index is -0.713.